The normalized spacial score (nSPS) is 14.9. The minimum atomic E-state index is -4.85. The van der Waals surface area contributed by atoms with E-state index in [0.29, 0.717) is 6.42 Å². The fraction of sp³-hybridized carbons (Fsp3) is 0.667. The highest BCUT2D eigenvalue weighted by Gasteiger charge is 2.26. The number of ether oxygens (including phenoxy) is 2. The van der Waals surface area contributed by atoms with Crippen LogP contribution in [0.1, 0.15) is 20.3 Å². The van der Waals surface area contributed by atoms with E-state index in [9.17, 15) is 9.36 Å². The zero-order valence-electron chi connectivity index (χ0n) is 10.2. The Labute approximate surface area is 99.6 Å². The van der Waals surface area contributed by atoms with Crippen molar-refractivity contribution in [1.82, 2.24) is 0 Å². The molecule has 0 aromatic carbocycles. The molecule has 0 saturated heterocycles. The zero-order chi connectivity index (χ0) is 13.6. The van der Waals surface area contributed by atoms with Crippen LogP contribution in [-0.4, -0.2) is 36.1 Å². The Bertz CT molecular complexity index is 339. The predicted molar refractivity (Wildman–Crippen MR) is 58.9 cm³/mol. The second-order valence-corrected chi connectivity index (χ2v) is 4.36. The largest absolute Gasteiger partial charge is 0.527 e. The number of hydrogen-bond donors (Lipinski definition) is 2. The molecule has 100 valence electrons. The summed E-state index contributed by atoms with van der Waals surface area (Å²) in [5, 5.41) is 0. The lowest BCUT2D eigenvalue weighted by Crippen LogP contribution is -2.19. The highest BCUT2D eigenvalue weighted by atomic mass is 31.2. The Kier molecular flexibility index (Phi) is 6.41. The van der Waals surface area contributed by atoms with E-state index < -0.39 is 19.9 Å². The van der Waals surface area contributed by atoms with Gasteiger partial charge in [0.2, 0.25) is 0 Å². The van der Waals surface area contributed by atoms with Gasteiger partial charge in [0.25, 0.3) is 0 Å². The first-order chi connectivity index (χ1) is 7.76. The van der Waals surface area contributed by atoms with Gasteiger partial charge in [0.05, 0.1) is 12.7 Å². The Morgan fingerprint density at radius 2 is 1.88 bits per heavy atom. The maximum Gasteiger partial charge on any atom is 0.527 e. The predicted octanol–water partition coefficient (Wildman–Crippen LogP) is 0.968. The average molecular weight is 268 g/mol. The van der Waals surface area contributed by atoms with Gasteiger partial charge in [-0.1, -0.05) is 6.92 Å². The molecule has 0 aliphatic rings. The molecule has 0 aromatic heterocycles. The number of hydrogen-bond acceptors (Lipinski definition) is 5. The molecule has 0 aliphatic carbocycles. The molecule has 2 N–H and O–H groups in total. The van der Waals surface area contributed by atoms with Gasteiger partial charge in [-0.2, -0.15) is 0 Å². The summed E-state index contributed by atoms with van der Waals surface area (Å²) < 4.78 is 24.5. The van der Waals surface area contributed by atoms with E-state index in [0.717, 1.165) is 0 Å². The Balaban J connectivity index is 5.09. The summed E-state index contributed by atoms with van der Waals surface area (Å²) in [5.41, 5.74) is -0.0375. The van der Waals surface area contributed by atoms with Crippen LogP contribution in [0.2, 0.25) is 0 Å². The summed E-state index contributed by atoms with van der Waals surface area (Å²) in [6, 6.07) is 0. The quantitative estimate of drug-likeness (QED) is 0.420. The van der Waals surface area contributed by atoms with Crippen LogP contribution in [0.15, 0.2) is 11.3 Å². The van der Waals surface area contributed by atoms with Crippen LogP contribution >= 0.6 is 7.82 Å². The summed E-state index contributed by atoms with van der Waals surface area (Å²) >= 11 is 0. The van der Waals surface area contributed by atoms with Crippen molar-refractivity contribution in [3.8, 4) is 0 Å². The third-order valence-corrected chi connectivity index (χ3v) is 2.45. The Morgan fingerprint density at radius 1 is 1.35 bits per heavy atom. The van der Waals surface area contributed by atoms with Crippen molar-refractivity contribution in [1.29, 1.82) is 0 Å². The van der Waals surface area contributed by atoms with Crippen LogP contribution in [0.3, 0.4) is 0 Å². The van der Waals surface area contributed by atoms with Crippen molar-refractivity contribution in [2.45, 2.75) is 26.4 Å². The molecule has 0 radical (unpaired) electrons. The fourth-order valence-corrected chi connectivity index (χ4v) is 1.62. The lowest BCUT2D eigenvalue weighted by Gasteiger charge is -2.18. The standard InChI is InChI=1S/C9H17O7P/c1-5-7(14-3)8(15-4)6(2)9(10)16-17(11,12)13/h7H,5H2,1-4H3,(H2,11,12,13). The molecule has 17 heavy (non-hydrogen) atoms. The topological polar surface area (TPSA) is 102 Å². The van der Waals surface area contributed by atoms with E-state index in [1.54, 1.807) is 0 Å². The maximum atomic E-state index is 11.4. The van der Waals surface area contributed by atoms with E-state index in [1.807, 2.05) is 6.92 Å². The van der Waals surface area contributed by atoms with Crippen molar-refractivity contribution in [2.24, 2.45) is 0 Å². The first kappa shape index (κ1) is 16.1. The first-order valence-corrected chi connectivity index (χ1v) is 6.36. The minimum Gasteiger partial charge on any atom is -0.498 e. The second kappa shape index (κ2) is 6.76. The summed E-state index contributed by atoms with van der Waals surface area (Å²) in [4.78, 5) is 28.4. The van der Waals surface area contributed by atoms with Crippen LogP contribution in [0, 0.1) is 0 Å². The fourth-order valence-electron chi connectivity index (χ4n) is 1.26. The number of rotatable bonds is 6. The molecular formula is C9H17O7P. The van der Waals surface area contributed by atoms with Crippen molar-refractivity contribution in [3.05, 3.63) is 11.3 Å². The van der Waals surface area contributed by atoms with Crippen LogP contribution in [0.25, 0.3) is 0 Å². The van der Waals surface area contributed by atoms with Gasteiger partial charge in [0, 0.05) is 7.11 Å². The highest BCUT2D eigenvalue weighted by molar-refractivity contribution is 7.46. The molecular weight excluding hydrogens is 251 g/mol. The maximum absolute atomic E-state index is 11.4. The number of phosphoric ester groups is 1. The molecule has 8 heteroatoms. The third kappa shape index (κ3) is 5.32. The third-order valence-electron chi connectivity index (χ3n) is 2.05. The molecule has 1 atom stereocenters. The van der Waals surface area contributed by atoms with E-state index in [-0.39, 0.29) is 11.3 Å². The monoisotopic (exact) mass is 268 g/mol. The van der Waals surface area contributed by atoms with Gasteiger partial charge in [-0.15, -0.1) is 0 Å². The van der Waals surface area contributed by atoms with Gasteiger partial charge in [-0.05, 0) is 13.3 Å². The molecule has 0 saturated carbocycles. The Hall–Kier alpha value is -0.880. The molecule has 0 fully saturated rings. The van der Waals surface area contributed by atoms with Crippen molar-refractivity contribution >= 4 is 13.8 Å². The molecule has 1 unspecified atom stereocenters. The zero-order valence-corrected chi connectivity index (χ0v) is 11.1. The molecule has 0 bridgehead atoms. The van der Waals surface area contributed by atoms with Crippen molar-refractivity contribution in [3.63, 3.8) is 0 Å². The van der Waals surface area contributed by atoms with Gasteiger partial charge >= 0.3 is 13.8 Å². The smallest absolute Gasteiger partial charge is 0.498 e. The van der Waals surface area contributed by atoms with Crippen molar-refractivity contribution in [2.75, 3.05) is 14.2 Å². The van der Waals surface area contributed by atoms with Gasteiger partial charge in [0.15, 0.2) is 0 Å². The lowest BCUT2D eigenvalue weighted by atomic mass is 10.1. The van der Waals surface area contributed by atoms with E-state index in [4.69, 9.17) is 19.3 Å². The SMILES string of the molecule is CCC(OC)C(OC)=C(C)C(=O)OP(=O)(O)O. The molecule has 0 amide bonds. The summed E-state index contributed by atoms with van der Waals surface area (Å²) in [7, 11) is -2.08. The van der Waals surface area contributed by atoms with Gasteiger partial charge in [-0.25, -0.2) is 9.36 Å². The first-order valence-electron chi connectivity index (χ1n) is 4.83. The number of carbonyl (C=O) groups is 1. The van der Waals surface area contributed by atoms with Crippen LogP contribution < -0.4 is 0 Å². The second-order valence-electron chi connectivity index (χ2n) is 3.20. The van der Waals surface area contributed by atoms with Crippen molar-refractivity contribution < 1.29 is 33.1 Å². The minimum absolute atomic E-state index is 0.0375. The lowest BCUT2D eigenvalue weighted by molar-refractivity contribution is -0.131. The van der Waals surface area contributed by atoms with Crippen LogP contribution in [-0.2, 0) is 23.4 Å². The summed E-state index contributed by atoms with van der Waals surface area (Å²) in [5.74, 6) is -0.945. The molecule has 7 nitrogen and oxygen atoms in total. The molecule has 0 spiro atoms. The van der Waals surface area contributed by atoms with Crippen LogP contribution in [0.5, 0.6) is 0 Å². The molecule has 0 rings (SSSR count). The number of phosphoric acid groups is 1. The number of carbonyl (C=O) groups excluding carboxylic acids is 1. The van der Waals surface area contributed by atoms with E-state index in [1.165, 1.54) is 21.1 Å². The van der Waals surface area contributed by atoms with Gasteiger partial charge in [0.1, 0.15) is 11.9 Å². The summed E-state index contributed by atoms with van der Waals surface area (Å²) in [6.45, 7) is 3.16. The number of methoxy groups -OCH3 is 2. The van der Waals surface area contributed by atoms with Gasteiger partial charge < -0.3 is 14.0 Å². The van der Waals surface area contributed by atoms with Crippen LogP contribution in [0.4, 0.5) is 0 Å². The molecule has 0 aromatic rings. The average Bonchev–Trinajstić information content (AvgIpc) is 2.22. The molecule has 0 heterocycles. The summed E-state index contributed by atoms with van der Waals surface area (Å²) in [6.07, 6.45) is 0.0736. The molecule has 0 aliphatic heterocycles. The highest BCUT2D eigenvalue weighted by Crippen LogP contribution is 2.37. The van der Waals surface area contributed by atoms with Gasteiger partial charge in [-0.3, -0.25) is 9.79 Å². The van der Waals surface area contributed by atoms with E-state index in [2.05, 4.69) is 4.52 Å². The van der Waals surface area contributed by atoms with E-state index >= 15 is 0 Å². The Morgan fingerprint density at radius 3 is 2.18 bits per heavy atom.